The molecule has 4 heteroatoms. The van der Waals surface area contributed by atoms with Crippen LogP contribution in [-0.4, -0.2) is 18.1 Å². The van der Waals surface area contributed by atoms with E-state index in [9.17, 15) is 9.18 Å². The van der Waals surface area contributed by atoms with Crippen LogP contribution in [0.15, 0.2) is 30.5 Å². The highest BCUT2D eigenvalue weighted by Gasteiger charge is 2.08. The number of ether oxygens (including phenoxy) is 1. The lowest BCUT2D eigenvalue weighted by molar-refractivity contribution is 0.0600. The predicted molar refractivity (Wildman–Crippen MR) is 53.0 cm³/mol. The number of benzene rings is 1. The maximum Gasteiger partial charge on any atom is 0.339 e. The molecule has 0 fully saturated rings. The monoisotopic (exact) mass is 205 g/mol. The molecule has 0 radical (unpaired) electrons. The van der Waals surface area contributed by atoms with E-state index in [2.05, 4.69) is 9.72 Å². The first kappa shape index (κ1) is 9.58. The number of carbonyl (C=O) groups is 1. The van der Waals surface area contributed by atoms with Crippen molar-refractivity contribution < 1.29 is 13.9 Å². The summed E-state index contributed by atoms with van der Waals surface area (Å²) in [6, 6.07) is 6.01. The third-order valence-corrected chi connectivity index (χ3v) is 2.09. The Bertz CT molecular complexity index is 525. The van der Waals surface area contributed by atoms with Crippen LogP contribution in [0.4, 0.5) is 4.39 Å². The number of aromatic nitrogens is 1. The second-order valence-corrected chi connectivity index (χ2v) is 3.02. The van der Waals surface area contributed by atoms with E-state index < -0.39 is 11.8 Å². The Morgan fingerprint density at radius 2 is 2.27 bits per heavy atom. The van der Waals surface area contributed by atoms with Gasteiger partial charge in [-0.15, -0.1) is 0 Å². The second-order valence-electron chi connectivity index (χ2n) is 3.02. The SMILES string of the molecule is COC(=O)c1cnc2cccc(F)c2c1. The van der Waals surface area contributed by atoms with Crippen LogP contribution in [0.2, 0.25) is 0 Å². The first-order chi connectivity index (χ1) is 7.22. The summed E-state index contributed by atoms with van der Waals surface area (Å²) in [6.07, 6.45) is 1.37. The van der Waals surface area contributed by atoms with Crippen molar-refractivity contribution in [1.29, 1.82) is 0 Å². The number of hydrogen-bond donors (Lipinski definition) is 0. The highest BCUT2D eigenvalue weighted by molar-refractivity contribution is 5.93. The third kappa shape index (κ3) is 1.66. The maximum absolute atomic E-state index is 13.3. The minimum Gasteiger partial charge on any atom is -0.465 e. The molecule has 1 heterocycles. The molecule has 0 aliphatic carbocycles. The van der Waals surface area contributed by atoms with E-state index in [0.717, 1.165) is 0 Å². The van der Waals surface area contributed by atoms with E-state index in [-0.39, 0.29) is 5.56 Å². The van der Waals surface area contributed by atoms with Crippen molar-refractivity contribution in [2.75, 3.05) is 7.11 Å². The van der Waals surface area contributed by atoms with Crippen LogP contribution in [0, 0.1) is 5.82 Å². The van der Waals surface area contributed by atoms with Crippen molar-refractivity contribution in [3.05, 3.63) is 41.8 Å². The average Bonchev–Trinajstić information content (AvgIpc) is 2.28. The molecular formula is C11H8FNO2. The maximum atomic E-state index is 13.3. The van der Waals surface area contributed by atoms with Crippen molar-refractivity contribution in [3.8, 4) is 0 Å². The van der Waals surface area contributed by atoms with Gasteiger partial charge >= 0.3 is 5.97 Å². The summed E-state index contributed by atoms with van der Waals surface area (Å²) in [5.74, 6) is -0.918. The van der Waals surface area contributed by atoms with Crippen molar-refractivity contribution in [3.63, 3.8) is 0 Å². The van der Waals surface area contributed by atoms with Gasteiger partial charge in [-0.2, -0.15) is 0 Å². The van der Waals surface area contributed by atoms with Crippen molar-refractivity contribution >= 4 is 16.9 Å². The van der Waals surface area contributed by atoms with E-state index in [1.165, 1.54) is 25.4 Å². The molecule has 0 saturated carbocycles. The normalized spacial score (nSPS) is 10.3. The standard InChI is InChI=1S/C11H8FNO2/c1-15-11(14)7-5-8-9(12)3-2-4-10(8)13-6-7/h2-6H,1H3. The molecule has 15 heavy (non-hydrogen) atoms. The van der Waals surface area contributed by atoms with Crippen LogP contribution in [-0.2, 0) is 4.74 Å². The van der Waals surface area contributed by atoms with Gasteiger partial charge in [0.1, 0.15) is 5.82 Å². The number of halogens is 1. The zero-order valence-electron chi connectivity index (χ0n) is 8.03. The number of methoxy groups -OCH3 is 1. The summed E-state index contributed by atoms with van der Waals surface area (Å²) >= 11 is 0. The van der Waals surface area contributed by atoms with Gasteiger partial charge in [0.15, 0.2) is 0 Å². The minimum atomic E-state index is -0.521. The van der Waals surface area contributed by atoms with Gasteiger partial charge in [0, 0.05) is 11.6 Å². The lowest BCUT2D eigenvalue weighted by Gasteiger charge is -2.01. The summed E-state index contributed by atoms with van der Waals surface area (Å²) in [6.45, 7) is 0. The van der Waals surface area contributed by atoms with Crippen LogP contribution in [0.1, 0.15) is 10.4 Å². The van der Waals surface area contributed by atoms with Gasteiger partial charge in [0.2, 0.25) is 0 Å². The summed E-state index contributed by atoms with van der Waals surface area (Å²) in [5.41, 5.74) is 0.762. The Hall–Kier alpha value is -1.97. The number of fused-ring (bicyclic) bond motifs is 1. The predicted octanol–water partition coefficient (Wildman–Crippen LogP) is 2.16. The zero-order chi connectivity index (χ0) is 10.8. The van der Waals surface area contributed by atoms with Crippen LogP contribution < -0.4 is 0 Å². The molecular weight excluding hydrogens is 197 g/mol. The van der Waals surface area contributed by atoms with Gasteiger partial charge in [-0.25, -0.2) is 9.18 Å². The molecule has 0 N–H and O–H groups in total. The molecule has 2 aromatic rings. The van der Waals surface area contributed by atoms with Gasteiger partial charge in [-0.05, 0) is 18.2 Å². The van der Waals surface area contributed by atoms with Crippen LogP contribution >= 0.6 is 0 Å². The number of pyridine rings is 1. The average molecular weight is 205 g/mol. The van der Waals surface area contributed by atoms with Crippen LogP contribution in [0.3, 0.4) is 0 Å². The smallest absolute Gasteiger partial charge is 0.339 e. The van der Waals surface area contributed by atoms with Gasteiger partial charge in [-0.3, -0.25) is 4.98 Å². The molecule has 0 spiro atoms. The molecule has 1 aromatic carbocycles. The molecule has 2 rings (SSSR count). The largest absolute Gasteiger partial charge is 0.465 e. The zero-order valence-corrected chi connectivity index (χ0v) is 8.03. The van der Waals surface area contributed by atoms with E-state index in [4.69, 9.17) is 0 Å². The molecule has 0 aliphatic heterocycles. The molecule has 0 bridgehead atoms. The molecule has 0 atom stereocenters. The summed E-state index contributed by atoms with van der Waals surface area (Å²) in [4.78, 5) is 15.2. The quantitative estimate of drug-likeness (QED) is 0.669. The second kappa shape index (κ2) is 3.65. The Morgan fingerprint density at radius 3 is 3.00 bits per heavy atom. The third-order valence-electron chi connectivity index (χ3n) is 2.09. The number of carbonyl (C=O) groups excluding carboxylic acids is 1. The fourth-order valence-corrected chi connectivity index (χ4v) is 1.34. The summed E-state index contributed by atoms with van der Waals surface area (Å²) in [5, 5.41) is 0.320. The Labute approximate surface area is 85.5 Å². The van der Waals surface area contributed by atoms with Crippen LogP contribution in [0.5, 0.6) is 0 Å². The van der Waals surface area contributed by atoms with Gasteiger partial charge in [0.05, 0.1) is 18.2 Å². The Kier molecular flexibility index (Phi) is 2.33. The van der Waals surface area contributed by atoms with Gasteiger partial charge < -0.3 is 4.74 Å². The molecule has 3 nitrogen and oxygen atoms in total. The Morgan fingerprint density at radius 1 is 1.47 bits per heavy atom. The number of esters is 1. The highest BCUT2D eigenvalue weighted by Crippen LogP contribution is 2.17. The van der Waals surface area contributed by atoms with Gasteiger partial charge in [0.25, 0.3) is 0 Å². The lowest BCUT2D eigenvalue weighted by Crippen LogP contribution is -2.01. The van der Waals surface area contributed by atoms with Crippen molar-refractivity contribution in [1.82, 2.24) is 4.98 Å². The topological polar surface area (TPSA) is 39.2 Å². The van der Waals surface area contributed by atoms with E-state index >= 15 is 0 Å². The first-order valence-corrected chi connectivity index (χ1v) is 4.35. The number of nitrogens with zero attached hydrogens (tertiary/aromatic N) is 1. The summed E-state index contributed by atoms with van der Waals surface area (Å²) in [7, 11) is 1.27. The number of rotatable bonds is 1. The molecule has 0 saturated heterocycles. The van der Waals surface area contributed by atoms with Crippen molar-refractivity contribution in [2.45, 2.75) is 0 Å². The van der Waals surface area contributed by atoms with Crippen molar-refractivity contribution in [2.24, 2.45) is 0 Å². The summed E-state index contributed by atoms with van der Waals surface area (Å²) < 4.78 is 17.9. The van der Waals surface area contributed by atoms with E-state index in [1.54, 1.807) is 12.1 Å². The van der Waals surface area contributed by atoms with E-state index in [1.807, 2.05) is 0 Å². The molecule has 76 valence electrons. The molecule has 0 aliphatic rings. The molecule has 0 amide bonds. The number of hydrogen-bond acceptors (Lipinski definition) is 3. The van der Waals surface area contributed by atoms with Gasteiger partial charge in [-0.1, -0.05) is 6.07 Å². The highest BCUT2D eigenvalue weighted by atomic mass is 19.1. The Balaban J connectivity index is 2.64. The molecule has 0 unspecified atom stereocenters. The fraction of sp³-hybridized carbons (Fsp3) is 0.0909. The minimum absolute atomic E-state index is 0.245. The van der Waals surface area contributed by atoms with E-state index in [0.29, 0.717) is 10.9 Å². The molecule has 1 aromatic heterocycles. The lowest BCUT2D eigenvalue weighted by atomic mass is 10.1. The first-order valence-electron chi connectivity index (χ1n) is 4.35. The van der Waals surface area contributed by atoms with Crippen LogP contribution in [0.25, 0.3) is 10.9 Å². The fourth-order valence-electron chi connectivity index (χ4n) is 1.34.